The molecule has 1 N–H and O–H groups in total. The fourth-order valence-electron chi connectivity index (χ4n) is 2.47. The SMILES string of the molecule is CCOCCC1(C)CCNc2ccccc21. The Hall–Kier alpha value is -1.02. The molecule has 0 saturated heterocycles. The van der Waals surface area contributed by atoms with Crippen LogP contribution in [0, 0.1) is 0 Å². The highest BCUT2D eigenvalue weighted by Gasteiger charge is 2.31. The summed E-state index contributed by atoms with van der Waals surface area (Å²) < 4.78 is 5.50. The number of para-hydroxylation sites is 1. The van der Waals surface area contributed by atoms with Crippen LogP contribution < -0.4 is 5.32 Å². The molecule has 1 aromatic rings. The predicted octanol–water partition coefficient (Wildman–Crippen LogP) is 3.19. The number of hydrogen-bond donors (Lipinski definition) is 1. The highest BCUT2D eigenvalue weighted by molar-refractivity contribution is 5.56. The first-order chi connectivity index (χ1) is 7.76. The lowest BCUT2D eigenvalue weighted by Crippen LogP contribution is -2.32. The first-order valence-corrected chi connectivity index (χ1v) is 6.17. The number of rotatable bonds is 4. The molecule has 1 aromatic carbocycles. The van der Waals surface area contributed by atoms with Gasteiger partial charge in [0.05, 0.1) is 0 Å². The third-order valence-corrected chi connectivity index (χ3v) is 3.57. The van der Waals surface area contributed by atoms with E-state index in [2.05, 4.69) is 43.4 Å². The molecule has 2 rings (SSSR count). The van der Waals surface area contributed by atoms with Crippen LogP contribution in [-0.2, 0) is 10.2 Å². The van der Waals surface area contributed by atoms with Crippen LogP contribution in [0.15, 0.2) is 24.3 Å². The zero-order valence-corrected chi connectivity index (χ0v) is 10.3. The van der Waals surface area contributed by atoms with Gasteiger partial charge in [0.2, 0.25) is 0 Å². The third kappa shape index (κ3) is 2.22. The summed E-state index contributed by atoms with van der Waals surface area (Å²) in [5.74, 6) is 0. The van der Waals surface area contributed by atoms with Gasteiger partial charge in [-0.3, -0.25) is 0 Å². The van der Waals surface area contributed by atoms with Crippen LogP contribution in [0.3, 0.4) is 0 Å². The van der Waals surface area contributed by atoms with Gasteiger partial charge in [0.25, 0.3) is 0 Å². The maximum Gasteiger partial charge on any atom is 0.0474 e. The second kappa shape index (κ2) is 4.88. The van der Waals surface area contributed by atoms with Crippen LogP contribution in [0.25, 0.3) is 0 Å². The molecule has 1 heterocycles. The summed E-state index contributed by atoms with van der Waals surface area (Å²) in [7, 11) is 0. The first-order valence-electron chi connectivity index (χ1n) is 6.17. The Morgan fingerprint density at radius 1 is 1.38 bits per heavy atom. The van der Waals surface area contributed by atoms with E-state index in [0.29, 0.717) is 0 Å². The summed E-state index contributed by atoms with van der Waals surface area (Å²) in [5.41, 5.74) is 3.02. The number of fused-ring (bicyclic) bond motifs is 1. The van der Waals surface area contributed by atoms with Gasteiger partial charge in [0.15, 0.2) is 0 Å². The second-order valence-corrected chi connectivity index (χ2v) is 4.73. The molecule has 16 heavy (non-hydrogen) atoms. The van der Waals surface area contributed by atoms with Crippen LogP contribution in [0.4, 0.5) is 5.69 Å². The maximum atomic E-state index is 5.50. The van der Waals surface area contributed by atoms with E-state index in [1.807, 2.05) is 0 Å². The summed E-state index contributed by atoms with van der Waals surface area (Å²) in [6.07, 6.45) is 2.30. The van der Waals surface area contributed by atoms with Crippen LogP contribution in [-0.4, -0.2) is 19.8 Å². The van der Waals surface area contributed by atoms with Crippen molar-refractivity contribution in [1.29, 1.82) is 0 Å². The summed E-state index contributed by atoms with van der Waals surface area (Å²) in [4.78, 5) is 0. The smallest absolute Gasteiger partial charge is 0.0474 e. The first kappa shape index (κ1) is 11.5. The minimum absolute atomic E-state index is 0.275. The third-order valence-electron chi connectivity index (χ3n) is 3.57. The van der Waals surface area contributed by atoms with Gasteiger partial charge in [-0.2, -0.15) is 0 Å². The van der Waals surface area contributed by atoms with Crippen LogP contribution >= 0.6 is 0 Å². The van der Waals surface area contributed by atoms with E-state index < -0.39 is 0 Å². The molecule has 88 valence electrons. The topological polar surface area (TPSA) is 21.3 Å². The Bertz CT molecular complexity index is 350. The summed E-state index contributed by atoms with van der Waals surface area (Å²) in [6.45, 7) is 7.15. The molecule has 0 saturated carbocycles. The molecule has 0 bridgehead atoms. The van der Waals surface area contributed by atoms with Crippen LogP contribution in [0.1, 0.15) is 32.3 Å². The van der Waals surface area contributed by atoms with Gasteiger partial charge in [0, 0.05) is 25.4 Å². The molecule has 2 nitrogen and oxygen atoms in total. The Morgan fingerprint density at radius 2 is 2.19 bits per heavy atom. The number of anilines is 1. The quantitative estimate of drug-likeness (QED) is 0.785. The lowest BCUT2D eigenvalue weighted by molar-refractivity contribution is 0.125. The molecular weight excluding hydrogens is 198 g/mol. The molecule has 0 radical (unpaired) electrons. The molecule has 0 aliphatic carbocycles. The van der Waals surface area contributed by atoms with E-state index >= 15 is 0 Å². The molecular formula is C14H21NO. The number of benzene rings is 1. The number of ether oxygens (including phenoxy) is 1. The monoisotopic (exact) mass is 219 g/mol. The van der Waals surface area contributed by atoms with E-state index in [0.717, 1.165) is 26.2 Å². The maximum absolute atomic E-state index is 5.50. The van der Waals surface area contributed by atoms with Crippen molar-refractivity contribution in [2.75, 3.05) is 25.1 Å². The van der Waals surface area contributed by atoms with Crippen molar-refractivity contribution in [2.45, 2.75) is 32.1 Å². The van der Waals surface area contributed by atoms with Crippen molar-refractivity contribution in [3.05, 3.63) is 29.8 Å². The van der Waals surface area contributed by atoms with Crippen molar-refractivity contribution in [1.82, 2.24) is 0 Å². The van der Waals surface area contributed by atoms with Gasteiger partial charge in [-0.1, -0.05) is 25.1 Å². The standard InChI is InChI=1S/C14H21NO/c1-3-16-11-9-14(2)8-10-15-13-7-5-4-6-12(13)14/h4-7,15H,3,8-11H2,1-2H3. The summed E-state index contributed by atoms with van der Waals surface area (Å²) in [5, 5.41) is 3.47. The molecule has 1 aliphatic rings. The highest BCUT2D eigenvalue weighted by Crippen LogP contribution is 2.39. The van der Waals surface area contributed by atoms with E-state index in [9.17, 15) is 0 Å². The zero-order valence-electron chi connectivity index (χ0n) is 10.3. The fraction of sp³-hybridized carbons (Fsp3) is 0.571. The Balaban J connectivity index is 2.16. The lowest BCUT2D eigenvalue weighted by Gasteiger charge is -2.36. The van der Waals surface area contributed by atoms with Crippen molar-refractivity contribution in [3.63, 3.8) is 0 Å². The average molecular weight is 219 g/mol. The Kier molecular flexibility index (Phi) is 3.49. The lowest BCUT2D eigenvalue weighted by atomic mass is 9.74. The van der Waals surface area contributed by atoms with Gasteiger partial charge in [0.1, 0.15) is 0 Å². The minimum Gasteiger partial charge on any atom is -0.385 e. The van der Waals surface area contributed by atoms with E-state index in [1.165, 1.54) is 17.7 Å². The largest absolute Gasteiger partial charge is 0.385 e. The number of hydrogen-bond acceptors (Lipinski definition) is 2. The molecule has 0 amide bonds. The summed E-state index contributed by atoms with van der Waals surface area (Å²) >= 11 is 0. The molecule has 0 aromatic heterocycles. The van der Waals surface area contributed by atoms with E-state index in [1.54, 1.807) is 0 Å². The van der Waals surface area contributed by atoms with Crippen LogP contribution in [0.5, 0.6) is 0 Å². The van der Waals surface area contributed by atoms with Crippen molar-refractivity contribution in [2.24, 2.45) is 0 Å². The van der Waals surface area contributed by atoms with Gasteiger partial charge < -0.3 is 10.1 Å². The van der Waals surface area contributed by atoms with Gasteiger partial charge in [-0.25, -0.2) is 0 Å². The predicted molar refractivity (Wildman–Crippen MR) is 68.0 cm³/mol. The molecule has 1 aliphatic heterocycles. The minimum atomic E-state index is 0.275. The summed E-state index contributed by atoms with van der Waals surface area (Å²) in [6, 6.07) is 8.64. The molecule has 0 spiro atoms. The van der Waals surface area contributed by atoms with Crippen LogP contribution in [0.2, 0.25) is 0 Å². The fourth-order valence-corrected chi connectivity index (χ4v) is 2.47. The number of nitrogens with one attached hydrogen (secondary N) is 1. The second-order valence-electron chi connectivity index (χ2n) is 4.73. The van der Waals surface area contributed by atoms with Crippen molar-refractivity contribution < 1.29 is 4.74 Å². The normalized spacial score (nSPS) is 23.6. The Labute approximate surface area is 98.0 Å². The van der Waals surface area contributed by atoms with Crippen molar-refractivity contribution >= 4 is 5.69 Å². The van der Waals surface area contributed by atoms with Gasteiger partial charge in [-0.05, 0) is 36.8 Å². The van der Waals surface area contributed by atoms with Crippen molar-refractivity contribution in [3.8, 4) is 0 Å². The highest BCUT2D eigenvalue weighted by atomic mass is 16.5. The van der Waals surface area contributed by atoms with E-state index in [4.69, 9.17) is 4.74 Å². The average Bonchev–Trinajstić information content (AvgIpc) is 2.30. The van der Waals surface area contributed by atoms with E-state index in [-0.39, 0.29) is 5.41 Å². The van der Waals surface area contributed by atoms with Gasteiger partial charge >= 0.3 is 0 Å². The van der Waals surface area contributed by atoms with Gasteiger partial charge in [-0.15, -0.1) is 0 Å². The zero-order chi connectivity index (χ0) is 11.4. The molecule has 1 atom stereocenters. The molecule has 2 heteroatoms. The molecule has 0 fully saturated rings. The molecule has 1 unspecified atom stereocenters. The Morgan fingerprint density at radius 3 is 3.00 bits per heavy atom.